The quantitative estimate of drug-likeness (QED) is 0.376. The van der Waals surface area contributed by atoms with Crippen molar-refractivity contribution < 1.29 is 9.90 Å². The second kappa shape index (κ2) is 6.14. The van der Waals surface area contributed by atoms with E-state index in [1.807, 2.05) is 13.0 Å². The highest BCUT2D eigenvalue weighted by Crippen LogP contribution is 2.28. The number of nitrogens with zero attached hydrogens (tertiary/aromatic N) is 6. The lowest BCUT2D eigenvalue weighted by molar-refractivity contribution is 0.0765. The monoisotopic (exact) mass is 393 g/mol. The Kier molecular flexibility index (Phi) is 3.68. The van der Waals surface area contributed by atoms with Crippen molar-refractivity contribution in [2.45, 2.75) is 19.1 Å². The first-order valence-corrected chi connectivity index (χ1v) is 9.10. The minimum absolute atomic E-state index is 0.0281. The van der Waals surface area contributed by atoms with Gasteiger partial charge in [-0.05, 0) is 25.1 Å². The van der Waals surface area contributed by atoms with E-state index in [-0.39, 0.29) is 24.2 Å². The highest BCUT2D eigenvalue weighted by Gasteiger charge is 2.36. The van der Waals surface area contributed by atoms with Gasteiger partial charge in [-0.3, -0.25) is 4.79 Å². The maximum Gasteiger partial charge on any atom is 0.254 e. The molecule has 4 heterocycles. The molecule has 0 unspecified atom stereocenters. The number of nitrogens with one attached hydrogen (secondary N) is 1. The van der Waals surface area contributed by atoms with Crippen LogP contribution in [-0.4, -0.2) is 64.6 Å². The van der Waals surface area contributed by atoms with Crippen LogP contribution in [0.1, 0.15) is 22.2 Å². The number of amides is 1. The second-order valence-corrected chi connectivity index (χ2v) is 7.19. The highest BCUT2D eigenvalue weighted by molar-refractivity contribution is 5.97. The first kappa shape index (κ1) is 17.4. The Morgan fingerprint density at radius 3 is 2.90 bits per heavy atom. The van der Waals surface area contributed by atoms with E-state index < -0.39 is 12.1 Å². The lowest BCUT2D eigenvalue weighted by Crippen LogP contribution is -2.29. The number of aromatic amines is 1. The number of benzene rings is 1. The summed E-state index contributed by atoms with van der Waals surface area (Å²) in [7, 11) is 0. The number of carbonyl (C=O) groups excluding carboxylic acids is 1. The average Bonchev–Trinajstić information content (AvgIpc) is 3.35. The third-order valence-electron chi connectivity index (χ3n) is 5.22. The standard InChI is InChI=1S/C18H19N9O2/c1-8-22-10-3-2-9(4-11(10)23-8)17(29)26-5-12(13(28)6-26)27-7-21-14-15(19)24-18(20)25-16(14)27/h2-4,7,12-13,28H,5-6H2,1H3,(H,22,23)(H4,19,20,24,25)/t12-,13-/m0/s1. The molecular formula is C18H19N9O2. The number of fused-ring (bicyclic) bond motifs is 2. The van der Waals surface area contributed by atoms with Gasteiger partial charge in [0.25, 0.3) is 5.91 Å². The fourth-order valence-electron chi connectivity index (χ4n) is 3.86. The van der Waals surface area contributed by atoms with Crippen LogP contribution in [0, 0.1) is 6.92 Å². The molecule has 1 amide bonds. The number of carbonyl (C=O) groups is 1. The lowest BCUT2D eigenvalue weighted by atomic mass is 10.2. The molecule has 2 atom stereocenters. The largest absolute Gasteiger partial charge is 0.389 e. The van der Waals surface area contributed by atoms with Crippen LogP contribution in [0.2, 0.25) is 0 Å². The van der Waals surface area contributed by atoms with Gasteiger partial charge in [-0.15, -0.1) is 0 Å². The second-order valence-electron chi connectivity index (χ2n) is 7.19. The van der Waals surface area contributed by atoms with Gasteiger partial charge in [0, 0.05) is 18.7 Å². The molecule has 1 aliphatic heterocycles. The van der Waals surface area contributed by atoms with Crippen LogP contribution in [-0.2, 0) is 0 Å². The van der Waals surface area contributed by atoms with Crippen molar-refractivity contribution in [3.05, 3.63) is 35.9 Å². The fourth-order valence-corrected chi connectivity index (χ4v) is 3.86. The first-order chi connectivity index (χ1) is 13.9. The van der Waals surface area contributed by atoms with Crippen molar-refractivity contribution in [2.75, 3.05) is 24.6 Å². The van der Waals surface area contributed by atoms with E-state index in [1.54, 1.807) is 21.6 Å². The summed E-state index contributed by atoms with van der Waals surface area (Å²) in [6.07, 6.45) is 0.753. The van der Waals surface area contributed by atoms with Gasteiger partial charge in [-0.25, -0.2) is 9.97 Å². The number of aliphatic hydroxyl groups excluding tert-OH is 1. The Hall–Kier alpha value is -3.73. The number of rotatable bonds is 2. The zero-order chi connectivity index (χ0) is 20.3. The van der Waals surface area contributed by atoms with E-state index in [0.717, 1.165) is 16.9 Å². The van der Waals surface area contributed by atoms with E-state index in [2.05, 4.69) is 24.9 Å². The molecule has 11 heteroatoms. The number of H-pyrrole nitrogens is 1. The number of β-amino-alcohol motifs (C(OH)–C–C–N with tert-alkyl or cyclic N) is 1. The summed E-state index contributed by atoms with van der Waals surface area (Å²) in [5, 5.41) is 10.6. The van der Waals surface area contributed by atoms with E-state index in [1.165, 1.54) is 6.33 Å². The molecule has 0 aliphatic carbocycles. The number of anilines is 2. The molecule has 3 aromatic heterocycles. The zero-order valence-corrected chi connectivity index (χ0v) is 15.6. The minimum Gasteiger partial charge on any atom is -0.389 e. The molecule has 0 bridgehead atoms. The zero-order valence-electron chi connectivity index (χ0n) is 15.6. The normalized spacial score (nSPS) is 19.4. The Bertz CT molecular complexity index is 1260. The molecule has 1 fully saturated rings. The summed E-state index contributed by atoms with van der Waals surface area (Å²) in [5.41, 5.74) is 14.5. The summed E-state index contributed by atoms with van der Waals surface area (Å²) in [5.74, 6) is 0.822. The SMILES string of the molecule is Cc1nc2ccc(C(=O)N3C[C@H](O)[C@@H](n4cnc5c(N)nc(N)nc54)C3)cc2[nH]1. The molecule has 29 heavy (non-hydrogen) atoms. The number of aryl methyl sites for hydroxylation is 1. The van der Waals surface area contributed by atoms with Crippen LogP contribution in [0.5, 0.6) is 0 Å². The third-order valence-corrected chi connectivity index (χ3v) is 5.22. The maximum atomic E-state index is 13.0. The average molecular weight is 393 g/mol. The smallest absolute Gasteiger partial charge is 0.254 e. The predicted octanol–water partition coefficient (Wildman–Crippen LogP) is 0.233. The molecule has 0 spiro atoms. The van der Waals surface area contributed by atoms with E-state index in [4.69, 9.17) is 11.5 Å². The van der Waals surface area contributed by atoms with Crippen molar-refractivity contribution in [1.29, 1.82) is 0 Å². The number of hydrogen-bond donors (Lipinski definition) is 4. The van der Waals surface area contributed by atoms with Crippen LogP contribution in [0.3, 0.4) is 0 Å². The van der Waals surface area contributed by atoms with Crippen molar-refractivity contribution in [1.82, 2.24) is 34.4 Å². The number of nitrogens with two attached hydrogens (primary N) is 2. The van der Waals surface area contributed by atoms with Crippen molar-refractivity contribution in [3.63, 3.8) is 0 Å². The molecule has 0 saturated carbocycles. The molecule has 4 aromatic rings. The van der Waals surface area contributed by atoms with E-state index in [0.29, 0.717) is 23.3 Å². The van der Waals surface area contributed by atoms with Crippen LogP contribution >= 0.6 is 0 Å². The number of nitrogen functional groups attached to an aromatic ring is 2. The van der Waals surface area contributed by atoms with Crippen molar-refractivity contribution >= 4 is 39.9 Å². The van der Waals surface area contributed by atoms with Crippen LogP contribution in [0.4, 0.5) is 11.8 Å². The molecule has 0 radical (unpaired) electrons. The maximum absolute atomic E-state index is 13.0. The van der Waals surface area contributed by atoms with Crippen molar-refractivity contribution in [2.24, 2.45) is 0 Å². The lowest BCUT2D eigenvalue weighted by Gasteiger charge is -2.17. The first-order valence-electron chi connectivity index (χ1n) is 9.10. The van der Waals surface area contributed by atoms with Crippen LogP contribution < -0.4 is 11.5 Å². The Morgan fingerprint density at radius 2 is 2.07 bits per heavy atom. The van der Waals surface area contributed by atoms with Gasteiger partial charge >= 0.3 is 0 Å². The number of likely N-dealkylation sites (tertiary alicyclic amines) is 1. The van der Waals surface area contributed by atoms with Crippen LogP contribution in [0.25, 0.3) is 22.2 Å². The summed E-state index contributed by atoms with van der Waals surface area (Å²) < 4.78 is 1.70. The predicted molar refractivity (Wildman–Crippen MR) is 106 cm³/mol. The Labute approximate surface area is 164 Å². The number of aromatic nitrogens is 6. The summed E-state index contributed by atoms with van der Waals surface area (Å²) in [6.45, 7) is 2.36. The molecule has 1 aromatic carbocycles. The molecule has 11 nitrogen and oxygen atoms in total. The molecule has 1 saturated heterocycles. The minimum atomic E-state index is -0.785. The van der Waals surface area contributed by atoms with Gasteiger partial charge in [-0.2, -0.15) is 9.97 Å². The van der Waals surface area contributed by atoms with Gasteiger partial charge in [0.2, 0.25) is 5.95 Å². The van der Waals surface area contributed by atoms with Crippen molar-refractivity contribution in [3.8, 4) is 0 Å². The number of imidazole rings is 2. The van der Waals surface area contributed by atoms with Gasteiger partial charge < -0.3 is 31.0 Å². The van der Waals surface area contributed by atoms with E-state index in [9.17, 15) is 9.90 Å². The molecule has 6 N–H and O–H groups in total. The number of hydrogen-bond acceptors (Lipinski definition) is 8. The Morgan fingerprint density at radius 1 is 1.24 bits per heavy atom. The summed E-state index contributed by atoms with van der Waals surface area (Å²) >= 11 is 0. The van der Waals surface area contributed by atoms with Gasteiger partial charge in [0.15, 0.2) is 11.5 Å². The molecular weight excluding hydrogens is 374 g/mol. The molecule has 5 rings (SSSR count). The molecule has 148 valence electrons. The van der Waals surface area contributed by atoms with Gasteiger partial charge in [0.1, 0.15) is 11.3 Å². The van der Waals surface area contributed by atoms with Crippen LogP contribution in [0.15, 0.2) is 24.5 Å². The third kappa shape index (κ3) is 2.74. The van der Waals surface area contributed by atoms with Gasteiger partial charge in [0.05, 0.1) is 29.5 Å². The van der Waals surface area contributed by atoms with E-state index >= 15 is 0 Å². The fraction of sp³-hybridized carbons (Fsp3) is 0.278. The van der Waals surface area contributed by atoms with Gasteiger partial charge in [-0.1, -0.05) is 0 Å². The highest BCUT2D eigenvalue weighted by atomic mass is 16.3. The topological polar surface area (TPSA) is 165 Å². The number of aliphatic hydroxyl groups is 1. The summed E-state index contributed by atoms with van der Waals surface area (Å²) in [6, 6.07) is 4.91. The summed E-state index contributed by atoms with van der Waals surface area (Å²) in [4.78, 5) is 34.5. The molecule has 1 aliphatic rings. The Balaban J connectivity index is 1.45.